The minimum Gasteiger partial charge on any atom is -0.392 e. The molecule has 0 aromatic heterocycles. The van der Waals surface area contributed by atoms with Crippen molar-refractivity contribution in [2.45, 2.75) is 33.6 Å². The molecule has 1 saturated carbocycles. The van der Waals surface area contributed by atoms with E-state index in [4.69, 9.17) is 4.74 Å². The van der Waals surface area contributed by atoms with Gasteiger partial charge in [-0.2, -0.15) is 10.2 Å². The number of nitrogens with zero attached hydrogens (tertiary/aromatic N) is 2. The van der Waals surface area contributed by atoms with E-state index in [1.807, 2.05) is 30.3 Å². The highest BCUT2D eigenvalue weighted by molar-refractivity contribution is 6.15. The van der Waals surface area contributed by atoms with Crippen LogP contribution < -0.4 is 5.32 Å². The van der Waals surface area contributed by atoms with Crippen LogP contribution in [-0.4, -0.2) is 17.8 Å². The van der Waals surface area contributed by atoms with Gasteiger partial charge in [-0.15, -0.1) is 0 Å². The fourth-order valence-corrected chi connectivity index (χ4v) is 4.48. The Morgan fingerprint density at radius 3 is 2.10 bits per heavy atom. The third kappa shape index (κ3) is 2.76. The van der Waals surface area contributed by atoms with Gasteiger partial charge in [0.25, 0.3) is 0 Å². The quantitative estimate of drug-likeness (QED) is 0.443. The summed E-state index contributed by atoms with van der Waals surface area (Å²) in [5, 5.41) is 11.2. The Labute approximate surface area is 174 Å². The number of azo groups is 1. The van der Waals surface area contributed by atoms with Crippen LogP contribution in [0.4, 0.5) is 17.1 Å². The molecule has 2 atom stereocenters. The van der Waals surface area contributed by atoms with Gasteiger partial charge in [0.15, 0.2) is 5.41 Å². The summed E-state index contributed by atoms with van der Waals surface area (Å²) in [5.41, 5.74) is -1.24. The van der Waals surface area contributed by atoms with Crippen LogP contribution in [0.15, 0.2) is 64.8 Å². The lowest BCUT2D eigenvalue weighted by Crippen LogP contribution is -2.60. The molecule has 7 nitrogen and oxygen atoms in total. The lowest BCUT2D eigenvalue weighted by Gasteiger charge is -2.48. The van der Waals surface area contributed by atoms with Crippen LogP contribution in [0.1, 0.15) is 33.6 Å². The van der Waals surface area contributed by atoms with Gasteiger partial charge in [0.05, 0.1) is 16.8 Å². The van der Waals surface area contributed by atoms with Crippen molar-refractivity contribution < 1.29 is 19.1 Å². The number of rotatable bonds is 4. The fraction of sp³-hybridized carbons (Fsp3) is 0.348. The molecule has 0 radical (unpaired) electrons. The first kappa shape index (κ1) is 19.9. The van der Waals surface area contributed by atoms with Crippen molar-refractivity contribution in [1.82, 2.24) is 0 Å². The van der Waals surface area contributed by atoms with Crippen LogP contribution in [0.2, 0.25) is 0 Å². The molecule has 1 aliphatic heterocycles. The molecule has 30 heavy (non-hydrogen) atoms. The largest absolute Gasteiger partial charge is 0.392 e. The molecule has 2 aliphatic rings. The number of carbonyl (C=O) groups excluding carboxylic acids is 3. The van der Waals surface area contributed by atoms with Crippen LogP contribution in [0.5, 0.6) is 0 Å². The summed E-state index contributed by atoms with van der Waals surface area (Å²) in [6, 6.07) is 16.2. The van der Waals surface area contributed by atoms with Crippen molar-refractivity contribution >= 4 is 34.9 Å². The highest BCUT2D eigenvalue weighted by atomic mass is 16.6. The molecule has 2 bridgehead atoms. The highest BCUT2D eigenvalue weighted by Crippen LogP contribution is 2.66. The van der Waals surface area contributed by atoms with Gasteiger partial charge in [-0.3, -0.25) is 14.4 Å². The van der Waals surface area contributed by atoms with Crippen LogP contribution in [0.25, 0.3) is 0 Å². The Kier molecular flexibility index (Phi) is 4.56. The molecule has 2 fully saturated rings. The molecule has 7 heteroatoms. The number of ether oxygens (including phenoxy) is 1. The number of fused-ring (bicyclic) bond motifs is 2. The molecule has 1 saturated heterocycles. The highest BCUT2D eigenvalue weighted by Gasteiger charge is 2.75. The summed E-state index contributed by atoms with van der Waals surface area (Å²) >= 11 is 0. The average molecular weight is 405 g/mol. The van der Waals surface area contributed by atoms with Gasteiger partial charge in [-0.25, -0.2) is 0 Å². The first-order chi connectivity index (χ1) is 14.2. The summed E-state index contributed by atoms with van der Waals surface area (Å²) in [5.74, 6) is -1.77. The van der Waals surface area contributed by atoms with E-state index in [-0.39, 0.29) is 6.42 Å². The minimum absolute atomic E-state index is 0.274. The SMILES string of the molecule is CC12CCC(C(=O)Nc3ccc(N=Nc4ccccc4)cc3)(C(=O)OC1=O)C2(C)C. The number of benzene rings is 2. The van der Waals surface area contributed by atoms with Crippen LogP contribution in [0.3, 0.4) is 0 Å². The van der Waals surface area contributed by atoms with E-state index in [2.05, 4.69) is 15.5 Å². The zero-order valence-electron chi connectivity index (χ0n) is 17.1. The topological polar surface area (TPSA) is 97.2 Å². The monoisotopic (exact) mass is 405 g/mol. The Morgan fingerprint density at radius 1 is 0.867 bits per heavy atom. The summed E-state index contributed by atoms with van der Waals surface area (Å²) in [6.45, 7) is 5.36. The van der Waals surface area contributed by atoms with Crippen LogP contribution in [0, 0.1) is 16.2 Å². The molecule has 1 N–H and O–H groups in total. The Hall–Kier alpha value is -3.35. The van der Waals surface area contributed by atoms with Gasteiger partial charge in [0.2, 0.25) is 5.91 Å². The van der Waals surface area contributed by atoms with Gasteiger partial charge in [0.1, 0.15) is 0 Å². The number of cyclic esters (lactones) is 2. The summed E-state index contributed by atoms with van der Waals surface area (Å²) in [4.78, 5) is 38.3. The predicted molar refractivity (Wildman–Crippen MR) is 110 cm³/mol. The Balaban J connectivity index is 1.53. The van der Waals surface area contributed by atoms with Crippen LogP contribution >= 0.6 is 0 Å². The second-order valence-electron chi connectivity index (χ2n) is 8.58. The molecule has 4 rings (SSSR count). The first-order valence-electron chi connectivity index (χ1n) is 9.86. The van der Waals surface area contributed by atoms with Gasteiger partial charge < -0.3 is 10.1 Å². The molecule has 2 aromatic rings. The van der Waals surface area contributed by atoms with Crippen molar-refractivity contribution in [2.75, 3.05) is 5.32 Å². The zero-order valence-corrected chi connectivity index (χ0v) is 17.1. The van der Waals surface area contributed by atoms with Crippen molar-refractivity contribution in [3.63, 3.8) is 0 Å². The van der Waals surface area contributed by atoms with E-state index in [1.165, 1.54) is 0 Å². The average Bonchev–Trinajstić information content (AvgIpc) is 2.88. The zero-order chi connectivity index (χ0) is 21.6. The molecule has 2 aromatic carbocycles. The van der Waals surface area contributed by atoms with Gasteiger partial charge in [0, 0.05) is 11.1 Å². The Morgan fingerprint density at radius 2 is 1.47 bits per heavy atom. The molecule has 1 heterocycles. The third-order valence-electron chi connectivity index (χ3n) is 6.98. The predicted octanol–water partition coefficient (Wildman–Crippen LogP) is 4.94. The molecule has 1 aliphatic carbocycles. The normalized spacial score (nSPS) is 27.2. The molecule has 0 spiro atoms. The Bertz CT molecular complexity index is 1050. The van der Waals surface area contributed by atoms with Gasteiger partial charge in [-0.1, -0.05) is 32.0 Å². The third-order valence-corrected chi connectivity index (χ3v) is 6.98. The number of nitrogens with one attached hydrogen (secondary N) is 1. The molecule has 1 amide bonds. The second kappa shape index (κ2) is 6.86. The summed E-state index contributed by atoms with van der Waals surface area (Å²) < 4.78 is 5.00. The van der Waals surface area contributed by atoms with Crippen molar-refractivity contribution in [3.8, 4) is 0 Å². The molecular weight excluding hydrogens is 382 g/mol. The van der Waals surface area contributed by atoms with Crippen LogP contribution in [-0.2, 0) is 19.1 Å². The maximum Gasteiger partial charge on any atom is 0.329 e. The lowest BCUT2D eigenvalue weighted by atomic mass is 9.57. The van der Waals surface area contributed by atoms with Crippen molar-refractivity contribution in [1.29, 1.82) is 0 Å². The number of amides is 1. The summed E-state index contributed by atoms with van der Waals surface area (Å²) in [6.07, 6.45) is 0.701. The maximum absolute atomic E-state index is 13.3. The maximum atomic E-state index is 13.3. The number of carbonyl (C=O) groups is 3. The number of hydrogen-bond acceptors (Lipinski definition) is 6. The summed E-state index contributed by atoms with van der Waals surface area (Å²) in [7, 11) is 0. The van der Waals surface area contributed by atoms with Crippen molar-refractivity contribution in [3.05, 3.63) is 54.6 Å². The van der Waals surface area contributed by atoms with E-state index < -0.39 is 34.1 Å². The number of esters is 2. The molecular formula is C23H23N3O4. The minimum atomic E-state index is -1.40. The molecule has 154 valence electrons. The fourth-order valence-electron chi connectivity index (χ4n) is 4.48. The van der Waals surface area contributed by atoms with Crippen molar-refractivity contribution in [2.24, 2.45) is 26.5 Å². The van der Waals surface area contributed by atoms with E-state index in [0.29, 0.717) is 17.8 Å². The van der Waals surface area contributed by atoms with Gasteiger partial charge in [-0.05, 0) is 56.2 Å². The van der Waals surface area contributed by atoms with E-state index in [1.54, 1.807) is 45.0 Å². The van der Waals surface area contributed by atoms with Gasteiger partial charge >= 0.3 is 11.9 Å². The lowest BCUT2D eigenvalue weighted by molar-refractivity contribution is -0.195. The molecule has 2 unspecified atom stereocenters. The number of anilines is 1. The van der Waals surface area contributed by atoms with E-state index >= 15 is 0 Å². The number of hydrogen-bond donors (Lipinski definition) is 1. The van der Waals surface area contributed by atoms with E-state index in [0.717, 1.165) is 5.69 Å². The van der Waals surface area contributed by atoms with E-state index in [9.17, 15) is 14.4 Å². The standard InChI is InChI=1S/C23H23N3O4/c1-21(2)22(3)13-14-23(21,20(29)30-19(22)28)18(27)24-15-9-11-17(12-10-15)26-25-16-7-5-4-6-8-16/h4-12H,13-14H2,1-3H3,(H,24,27). The smallest absolute Gasteiger partial charge is 0.329 e. The first-order valence-corrected chi connectivity index (χ1v) is 9.86. The second-order valence-corrected chi connectivity index (χ2v) is 8.58.